The Balaban J connectivity index is 1.62. The molecule has 1 aliphatic rings. The molecule has 7 nitrogen and oxygen atoms in total. The van der Waals surface area contributed by atoms with Crippen molar-refractivity contribution >= 4 is 39.3 Å². The second-order valence-corrected chi connectivity index (χ2v) is 10.3. The molecular formula is C27H24BrN4O3S+. The van der Waals surface area contributed by atoms with Crippen LogP contribution in [0.5, 0.6) is 5.75 Å². The van der Waals surface area contributed by atoms with E-state index >= 15 is 0 Å². The van der Waals surface area contributed by atoms with E-state index in [1.54, 1.807) is 9.58 Å². The molecule has 1 aromatic heterocycles. The lowest BCUT2D eigenvalue weighted by Gasteiger charge is -2.31. The highest BCUT2D eigenvalue weighted by atomic mass is 79.9. The molecule has 9 heteroatoms. The van der Waals surface area contributed by atoms with Crippen molar-refractivity contribution in [2.75, 3.05) is 10.7 Å². The van der Waals surface area contributed by atoms with Gasteiger partial charge in [-0.15, -0.1) is 0 Å². The first-order valence-electron chi connectivity index (χ1n) is 11.5. The summed E-state index contributed by atoms with van der Waals surface area (Å²) >= 11 is 5.08. The molecule has 4 aromatic rings. The number of ether oxygens (including phenoxy) is 1. The number of aromatic amines is 1. The van der Waals surface area contributed by atoms with Gasteiger partial charge in [-0.3, -0.25) is 14.6 Å². The Bertz CT molecular complexity index is 1490. The standard InChI is InChI=1S/C27H23BrN4O3S/c1-3-36-27-29-25(34)24-20-11-7-8-12-22(20)31(17(2)33)26(32(24)30-27)19-13-14-23(21(28)15-19)35-16-18-9-5-4-6-10-18/h4-15,26H,3,16H2,1-2H3/p+1. The van der Waals surface area contributed by atoms with Gasteiger partial charge in [0.2, 0.25) is 11.1 Å². The average Bonchev–Trinajstić information content (AvgIpc) is 2.87. The van der Waals surface area contributed by atoms with Gasteiger partial charge in [0.15, 0.2) is 0 Å². The Morgan fingerprint density at radius 2 is 1.89 bits per heavy atom. The molecular weight excluding hydrogens is 540 g/mol. The van der Waals surface area contributed by atoms with Crippen LogP contribution >= 0.6 is 27.7 Å². The van der Waals surface area contributed by atoms with Crippen LogP contribution in [0.4, 0.5) is 5.69 Å². The molecule has 1 N–H and O–H groups in total. The molecule has 1 unspecified atom stereocenters. The van der Waals surface area contributed by atoms with E-state index < -0.39 is 6.17 Å². The maximum atomic E-state index is 13.3. The van der Waals surface area contributed by atoms with Crippen molar-refractivity contribution in [3.8, 4) is 17.0 Å². The van der Waals surface area contributed by atoms with Crippen LogP contribution in [0.1, 0.15) is 31.1 Å². The quantitative estimate of drug-likeness (QED) is 0.261. The second kappa shape index (κ2) is 10.3. The van der Waals surface area contributed by atoms with E-state index in [2.05, 4.69) is 20.9 Å². The third-order valence-electron chi connectivity index (χ3n) is 5.87. The number of fused-ring (bicyclic) bond motifs is 3. The Morgan fingerprint density at radius 1 is 1.14 bits per heavy atom. The molecule has 0 saturated heterocycles. The number of hydrogen-bond donors (Lipinski definition) is 1. The summed E-state index contributed by atoms with van der Waals surface area (Å²) in [7, 11) is 0. The van der Waals surface area contributed by atoms with Crippen LogP contribution in [-0.2, 0) is 11.4 Å². The lowest BCUT2D eigenvalue weighted by molar-refractivity contribution is -0.763. The first-order valence-corrected chi connectivity index (χ1v) is 13.3. The van der Waals surface area contributed by atoms with E-state index in [1.807, 2.05) is 79.7 Å². The number of nitrogens with zero attached hydrogens (tertiary/aromatic N) is 3. The lowest BCUT2D eigenvalue weighted by Crippen LogP contribution is -2.60. The average molecular weight is 564 g/mol. The summed E-state index contributed by atoms with van der Waals surface area (Å²) in [6, 6.07) is 23.0. The molecule has 1 amide bonds. The summed E-state index contributed by atoms with van der Waals surface area (Å²) in [5.74, 6) is 1.27. The molecule has 0 spiro atoms. The van der Waals surface area contributed by atoms with Gasteiger partial charge in [0.05, 0.1) is 15.7 Å². The van der Waals surface area contributed by atoms with E-state index in [1.165, 1.54) is 18.7 Å². The fourth-order valence-corrected chi connectivity index (χ4v) is 5.44. The second-order valence-electron chi connectivity index (χ2n) is 8.23. The predicted octanol–water partition coefficient (Wildman–Crippen LogP) is 5.09. The number of nitrogens with one attached hydrogen (secondary N) is 1. The summed E-state index contributed by atoms with van der Waals surface area (Å²) in [5, 5.41) is 5.27. The van der Waals surface area contributed by atoms with Gasteiger partial charge in [0.1, 0.15) is 12.4 Å². The van der Waals surface area contributed by atoms with Crippen LogP contribution in [0.2, 0.25) is 0 Å². The maximum Gasteiger partial charge on any atom is 0.325 e. The molecule has 0 aliphatic carbocycles. The minimum Gasteiger partial charge on any atom is -0.488 e. The largest absolute Gasteiger partial charge is 0.488 e. The summed E-state index contributed by atoms with van der Waals surface area (Å²) in [6.07, 6.45) is -0.648. The predicted molar refractivity (Wildman–Crippen MR) is 143 cm³/mol. The highest BCUT2D eigenvalue weighted by Gasteiger charge is 2.45. The van der Waals surface area contributed by atoms with E-state index in [9.17, 15) is 9.59 Å². The molecule has 0 radical (unpaired) electrons. The van der Waals surface area contributed by atoms with E-state index in [-0.39, 0.29) is 11.5 Å². The number of benzene rings is 3. The highest BCUT2D eigenvalue weighted by Crippen LogP contribution is 2.39. The van der Waals surface area contributed by atoms with Gasteiger partial charge in [-0.05, 0) is 62.3 Å². The molecule has 36 heavy (non-hydrogen) atoms. The van der Waals surface area contributed by atoms with E-state index in [0.29, 0.717) is 34.5 Å². The van der Waals surface area contributed by atoms with Crippen molar-refractivity contribution < 1.29 is 14.2 Å². The Hall–Kier alpha value is -3.43. The number of halogens is 1. The summed E-state index contributed by atoms with van der Waals surface area (Å²) in [4.78, 5) is 30.8. The maximum absolute atomic E-state index is 13.3. The van der Waals surface area contributed by atoms with Gasteiger partial charge in [-0.25, -0.2) is 4.90 Å². The number of para-hydroxylation sites is 1. The highest BCUT2D eigenvalue weighted by molar-refractivity contribution is 9.10. The molecule has 5 rings (SSSR count). The third-order valence-corrected chi connectivity index (χ3v) is 7.24. The van der Waals surface area contributed by atoms with Crippen LogP contribution in [0.15, 0.2) is 87.2 Å². The first-order chi connectivity index (χ1) is 17.5. The molecule has 0 fully saturated rings. The monoisotopic (exact) mass is 563 g/mol. The van der Waals surface area contributed by atoms with Gasteiger partial charge in [-0.2, -0.15) is 0 Å². The van der Waals surface area contributed by atoms with Crippen LogP contribution in [0, 0.1) is 0 Å². The number of H-pyrrole nitrogens is 1. The van der Waals surface area contributed by atoms with Crippen molar-refractivity contribution in [3.05, 3.63) is 98.7 Å². The minimum atomic E-state index is -0.648. The number of amides is 1. The lowest BCUT2D eigenvalue weighted by atomic mass is 10.0. The number of rotatable bonds is 6. The van der Waals surface area contributed by atoms with Crippen molar-refractivity contribution in [2.24, 2.45) is 0 Å². The van der Waals surface area contributed by atoms with E-state index in [0.717, 1.165) is 21.4 Å². The van der Waals surface area contributed by atoms with Gasteiger partial charge in [-0.1, -0.05) is 61.2 Å². The third kappa shape index (κ3) is 4.56. The molecule has 1 atom stereocenters. The summed E-state index contributed by atoms with van der Waals surface area (Å²) in [5.41, 5.74) is 3.34. The van der Waals surface area contributed by atoms with E-state index in [4.69, 9.17) is 9.84 Å². The van der Waals surface area contributed by atoms with Crippen molar-refractivity contribution in [3.63, 3.8) is 0 Å². The molecule has 1 aliphatic heterocycles. The molecule has 0 bridgehead atoms. The minimum absolute atomic E-state index is 0.155. The normalized spacial score (nSPS) is 14.2. The summed E-state index contributed by atoms with van der Waals surface area (Å²) in [6.45, 7) is 3.95. The Kier molecular flexibility index (Phi) is 6.93. The van der Waals surface area contributed by atoms with Gasteiger partial charge >= 0.3 is 11.3 Å². The number of carbonyl (C=O) groups is 1. The first kappa shape index (κ1) is 24.3. The van der Waals surface area contributed by atoms with Crippen LogP contribution < -0.4 is 19.9 Å². The fourth-order valence-electron chi connectivity index (χ4n) is 4.34. The molecule has 182 valence electrons. The molecule has 0 saturated carbocycles. The number of hydrogen-bond acceptors (Lipinski definition) is 5. The van der Waals surface area contributed by atoms with Crippen LogP contribution in [0.3, 0.4) is 0 Å². The van der Waals surface area contributed by atoms with Gasteiger partial charge < -0.3 is 4.74 Å². The summed E-state index contributed by atoms with van der Waals surface area (Å²) < 4.78 is 8.43. The number of thioether (sulfide) groups is 1. The van der Waals surface area contributed by atoms with Crippen molar-refractivity contribution in [1.29, 1.82) is 0 Å². The van der Waals surface area contributed by atoms with Gasteiger partial charge in [0, 0.05) is 17.6 Å². The van der Waals surface area contributed by atoms with Crippen LogP contribution in [-0.4, -0.2) is 21.7 Å². The van der Waals surface area contributed by atoms with Crippen LogP contribution in [0.25, 0.3) is 11.3 Å². The topological polar surface area (TPSA) is 79.2 Å². The zero-order valence-corrected chi connectivity index (χ0v) is 22.2. The zero-order valence-electron chi connectivity index (χ0n) is 19.8. The van der Waals surface area contributed by atoms with Crippen molar-refractivity contribution in [1.82, 2.24) is 10.1 Å². The SMILES string of the molecule is CCSc1n[n+]2c(c(=O)[nH]1)-c1ccccc1N(C(C)=O)C2c1ccc(OCc2ccccc2)c(Br)c1. The smallest absolute Gasteiger partial charge is 0.325 e. The number of carbonyl (C=O) groups excluding carboxylic acids is 1. The molecule has 2 heterocycles. The fraction of sp³-hybridized carbons (Fsp3) is 0.185. The zero-order chi connectivity index (χ0) is 25.2. The Morgan fingerprint density at radius 3 is 2.61 bits per heavy atom. The van der Waals surface area contributed by atoms with Crippen molar-refractivity contribution in [2.45, 2.75) is 31.8 Å². The number of aromatic nitrogens is 3. The molecule has 3 aromatic carbocycles. The number of anilines is 1. The Labute approximate surface area is 221 Å². The van der Waals surface area contributed by atoms with Gasteiger partial charge in [0.25, 0.3) is 6.17 Å².